The van der Waals surface area contributed by atoms with Gasteiger partial charge in [-0.05, 0) is 6.92 Å². The smallest absolute Gasteiger partial charge is 0.356 e. The molecule has 66 valence electrons. The lowest BCUT2D eigenvalue weighted by Crippen LogP contribution is -1.94. The first-order chi connectivity index (χ1) is 6.16. The summed E-state index contributed by atoms with van der Waals surface area (Å²) in [5, 5.41) is 8.66. The van der Waals surface area contributed by atoms with Gasteiger partial charge in [0.15, 0.2) is 5.69 Å². The van der Waals surface area contributed by atoms with Crippen LogP contribution in [0.3, 0.4) is 0 Å². The van der Waals surface area contributed by atoms with Crippen LogP contribution in [0.25, 0.3) is 5.65 Å². The first-order valence-corrected chi connectivity index (χ1v) is 3.71. The fourth-order valence-electron chi connectivity index (χ4n) is 1.09. The second kappa shape index (κ2) is 2.55. The van der Waals surface area contributed by atoms with Gasteiger partial charge in [-0.3, -0.25) is 4.40 Å². The molecule has 0 aliphatic heterocycles. The molecular weight excluding hydrogens is 170 g/mol. The number of aromatic nitrogens is 3. The molecule has 0 aliphatic carbocycles. The summed E-state index contributed by atoms with van der Waals surface area (Å²) >= 11 is 0. The summed E-state index contributed by atoms with van der Waals surface area (Å²) in [6.07, 6.45) is 2.98. The van der Waals surface area contributed by atoms with Crippen LogP contribution in [0.2, 0.25) is 0 Å². The van der Waals surface area contributed by atoms with Gasteiger partial charge in [-0.1, -0.05) is 0 Å². The van der Waals surface area contributed by atoms with Crippen LogP contribution in [0.1, 0.15) is 16.2 Å². The van der Waals surface area contributed by atoms with Gasteiger partial charge in [0.2, 0.25) is 0 Å². The Balaban J connectivity index is 2.68. The number of carboxylic acid groups (broad SMARTS) is 1. The maximum Gasteiger partial charge on any atom is 0.356 e. The first-order valence-electron chi connectivity index (χ1n) is 3.71. The van der Waals surface area contributed by atoms with Gasteiger partial charge in [-0.2, -0.15) is 0 Å². The van der Waals surface area contributed by atoms with Crippen LogP contribution in [-0.4, -0.2) is 25.4 Å². The van der Waals surface area contributed by atoms with Crippen LogP contribution in [-0.2, 0) is 0 Å². The molecule has 2 rings (SSSR count). The summed E-state index contributed by atoms with van der Waals surface area (Å²) in [7, 11) is 0. The number of carboxylic acids is 1. The maximum atomic E-state index is 10.6. The average molecular weight is 177 g/mol. The second-order valence-electron chi connectivity index (χ2n) is 2.73. The van der Waals surface area contributed by atoms with Gasteiger partial charge in [0.05, 0.1) is 0 Å². The van der Waals surface area contributed by atoms with Crippen molar-refractivity contribution < 1.29 is 9.90 Å². The van der Waals surface area contributed by atoms with E-state index in [4.69, 9.17) is 5.11 Å². The van der Waals surface area contributed by atoms with Crippen molar-refractivity contribution in [3.8, 4) is 0 Å². The fourth-order valence-corrected chi connectivity index (χ4v) is 1.09. The lowest BCUT2D eigenvalue weighted by atomic mass is 10.4. The zero-order valence-electron chi connectivity index (χ0n) is 6.93. The molecule has 0 saturated heterocycles. The summed E-state index contributed by atoms with van der Waals surface area (Å²) in [6, 6.07) is 1.73. The highest BCUT2D eigenvalue weighted by Gasteiger charge is 2.07. The predicted molar refractivity (Wildman–Crippen MR) is 44.7 cm³/mol. The minimum absolute atomic E-state index is 0.0346. The fraction of sp³-hybridized carbons (Fsp3) is 0.125. The summed E-state index contributed by atoms with van der Waals surface area (Å²) < 4.78 is 1.58. The molecule has 2 aromatic rings. The van der Waals surface area contributed by atoms with Gasteiger partial charge in [0.25, 0.3) is 0 Å². The van der Waals surface area contributed by atoms with Crippen LogP contribution in [0.5, 0.6) is 0 Å². The van der Waals surface area contributed by atoms with Crippen LogP contribution in [0, 0.1) is 6.92 Å². The number of nitrogens with zero attached hydrogens (tertiary/aromatic N) is 3. The molecule has 13 heavy (non-hydrogen) atoms. The Labute approximate surface area is 73.7 Å². The Morgan fingerprint density at radius 3 is 3.08 bits per heavy atom. The Morgan fingerprint density at radius 2 is 2.38 bits per heavy atom. The minimum Gasteiger partial charge on any atom is -0.476 e. The van der Waals surface area contributed by atoms with Gasteiger partial charge in [-0.15, -0.1) is 0 Å². The zero-order chi connectivity index (χ0) is 9.42. The van der Waals surface area contributed by atoms with Gasteiger partial charge in [0, 0.05) is 18.0 Å². The van der Waals surface area contributed by atoms with Gasteiger partial charge in [-0.25, -0.2) is 14.8 Å². The highest BCUT2D eigenvalue weighted by Crippen LogP contribution is 2.04. The Morgan fingerprint density at radius 1 is 1.62 bits per heavy atom. The molecule has 0 spiro atoms. The van der Waals surface area contributed by atoms with Crippen molar-refractivity contribution in [1.82, 2.24) is 14.4 Å². The standard InChI is InChI=1S/C8H7N3O2/c1-5-2-7-10-6(8(12)13)3-11(7)4-9-5/h2-4H,1H3,(H,12,13). The van der Waals surface area contributed by atoms with Crippen LogP contribution in [0.15, 0.2) is 18.6 Å². The molecule has 0 saturated carbocycles. The first kappa shape index (κ1) is 7.72. The zero-order valence-corrected chi connectivity index (χ0v) is 6.93. The van der Waals surface area contributed by atoms with Crippen LogP contribution < -0.4 is 0 Å². The summed E-state index contributed by atoms with van der Waals surface area (Å²) in [4.78, 5) is 18.5. The van der Waals surface area contributed by atoms with E-state index < -0.39 is 5.97 Å². The van der Waals surface area contributed by atoms with Crippen molar-refractivity contribution in [1.29, 1.82) is 0 Å². The average Bonchev–Trinajstić information content (AvgIpc) is 2.46. The number of fused-ring (bicyclic) bond motifs is 1. The third-order valence-corrected chi connectivity index (χ3v) is 1.70. The molecule has 2 aromatic heterocycles. The van der Waals surface area contributed by atoms with Gasteiger partial charge < -0.3 is 5.11 Å². The molecule has 5 heteroatoms. The summed E-state index contributed by atoms with van der Waals surface area (Å²) in [5.74, 6) is -1.03. The number of hydrogen-bond donors (Lipinski definition) is 1. The number of hydrogen-bond acceptors (Lipinski definition) is 3. The van der Waals surface area contributed by atoms with Crippen molar-refractivity contribution in [2.24, 2.45) is 0 Å². The van der Waals surface area contributed by atoms with Crippen molar-refractivity contribution in [3.63, 3.8) is 0 Å². The maximum absolute atomic E-state index is 10.6. The molecule has 0 unspecified atom stereocenters. The van der Waals surface area contributed by atoms with E-state index in [2.05, 4.69) is 9.97 Å². The van der Waals surface area contributed by atoms with E-state index in [1.807, 2.05) is 6.92 Å². The molecule has 0 fully saturated rings. The topological polar surface area (TPSA) is 67.5 Å². The molecule has 1 N–H and O–H groups in total. The molecule has 0 aromatic carbocycles. The van der Waals surface area contributed by atoms with E-state index in [-0.39, 0.29) is 5.69 Å². The quantitative estimate of drug-likeness (QED) is 0.697. The number of imidazole rings is 1. The normalized spacial score (nSPS) is 10.5. The van der Waals surface area contributed by atoms with Gasteiger partial charge >= 0.3 is 5.97 Å². The van der Waals surface area contributed by atoms with Crippen LogP contribution >= 0.6 is 0 Å². The third-order valence-electron chi connectivity index (χ3n) is 1.70. The van der Waals surface area contributed by atoms with Crippen molar-refractivity contribution >= 4 is 11.6 Å². The number of aryl methyl sites for hydroxylation is 1. The van der Waals surface area contributed by atoms with Crippen molar-refractivity contribution in [2.75, 3.05) is 0 Å². The minimum atomic E-state index is -1.03. The molecule has 0 aliphatic rings. The molecular formula is C8H7N3O2. The lowest BCUT2D eigenvalue weighted by molar-refractivity contribution is 0.0691. The highest BCUT2D eigenvalue weighted by molar-refractivity contribution is 5.86. The molecule has 5 nitrogen and oxygen atoms in total. The number of rotatable bonds is 1. The van der Waals surface area contributed by atoms with E-state index in [1.54, 1.807) is 16.8 Å². The van der Waals surface area contributed by atoms with E-state index in [0.29, 0.717) is 5.65 Å². The monoisotopic (exact) mass is 177 g/mol. The van der Waals surface area contributed by atoms with E-state index >= 15 is 0 Å². The molecule has 0 atom stereocenters. The molecule has 0 radical (unpaired) electrons. The molecule has 0 amide bonds. The SMILES string of the molecule is Cc1cc2nc(C(=O)O)cn2cn1. The Hall–Kier alpha value is -1.91. The van der Waals surface area contributed by atoms with E-state index in [0.717, 1.165) is 5.69 Å². The van der Waals surface area contributed by atoms with Crippen molar-refractivity contribution in [3.05, 3.63) is 30.0 Å². The highest BCUT2D eigenvalue weighted by atomic mass is 16.4. The van der Waals surface area contributed by atoms with Crippen molar-refractivity contribution in [2.45, 2.75) is 6.92 Å². The van der Waals surface area contributed by atoms with E-state index in [9.17, 15) is 4.79 Å². The largest absolute Gasteiger partial charge is 0.476 e. The van der Waals surface area contributed by atoms with Gasteiger partial charge in [0.1, 0.15) is 12.0 Å². The Bertz CT molecular complexity index is 475. The Kier molecular flexibility index (Phi) is 1.51. The van der Waals surface area contributed by atoms with E-state index in [1.165, 1.54) is 6.20 Å². The number of carbonyl (C=O) groups is 1. The lowest BCUT2D eigenvalue weighted by Gasteiger charge is -1.91. The third kappa shape index (κ3) is 1.24. The predicted octanol–water partition coefficient (Wildman–Crippen LogP) is 0.736. The number of aromatic carboxylic acids is 1. The molecule has 2 heterocycles. The summed E-state index contributed by atoms with van der Waals surface area (Å²) in [5.41, 5.74) is 1.45. The molecule has 0 bridgehead atoms. The second-order valence-corrected chi connectivity index (χ2v) is 2.73. The van der Waals surface area contributed by atoms with Crippen LogP contribution in [0.4, 0.5) is 0 Å². The summed E-state index contributed by atoms with van der Waals surface area (Å²) in [6.45, 7) is 1.83.